The molecule has 0 radical (unpaired) electrons. The number of fused-ring (bicyclic) bond motifs is 2. The number of nitrogens with zero attached hydrogens (tertiary/aromatic N) is 5. The molecule has 2 unspecified atom stereocenters. The molecule has 0 saturated carbocycles. The van der Waals surface area contributed by atoms with Crippen LogP contribution in [0.4, 0.5) is 0 Å². The average Bonchev–Trinajstić information content (AvgIpc) is 2.73. The van der Waals surface area contributed by atoms with Crippen molar-refractivity contribution in [1.82, 2.24) is 25.1 Å². The highest BCUT2D eigenvalue weighted by Crippen LogP contribution is 2.39. The molecule has 76 valence electrons. The zero-order valence-corrected chi connectivity index (χ0v) is 8.48. The Kier molecular flexibility index (Phi) is 1.65. The fourth-order valence-electron chi connectivity index (χ4n) is 2.78. The molecule has 0 aromatic carbocycles. The van der Waals surface area contributed by atoms with Crippen molar-refractivity contribution in [2.45, 2.75) is 24.7 Å². The summed E-state index contributed by atoms with van der Waals surface area (Å²) in [5.74, 6) is 0.960. The summed E-state index contributed by atoms with van der Waals surface area (Å²) in [6.07, 6.45) is 3.71. The zero-order valence-electron chi connectivity index (χ0n) is 8.48. The second-order valence-electron chi connectivity index (χ2n) is 4.51. The molecular formula is C9H15N5. The van der Waals surface area contributed by atoms with E-state index in [2.05, 4.69) is 20.3 Å². The average molecular weight is 193 g/mol. The Labute approximate surface area is 83.1 Å². The van der Waals surface area contributed by atoms with Gasteiger partial charge in [-0.2, -0.15) is 4.80 Å². The van der Waals surface area contributed by atoms with Crippen LogP contribution in [0.5, 0.6) is 0 Å². The highest BCUT2D eigenvalue weighted by molar-refractivity contribution is 5.12. The quantitative estimate of drug-likeness (QED) is 0.627. The Morgan fingerprint density at radius 2 is 2.21 bits per heavy atom. The predicted octanol–water partition coefficient (Wildman–Crippen LogP) is -0.0526. The molecule has 2 aliphatic heterocycles. The van der Waals surface area contributed by atoms with E-state index >= 15 is 0 Å². The van der Waals surface area contributed by atoms with Gasteiger partial charge in [0.25, 0.3) is 0 Å². The monoisotopic (exact) mass is 193 g/mol. The maximum absolute atomic E-state index is 4.37. The van der Waals surface area contributed by atoms with Crippen LogP contribution < -0.4 is 0 Å². The van der Waals surface area contributed by atoms with E-state index in [9.17, 15) is 0 Å². The Bertz CT molecular complexity index is 343. The lowest BCUT2D eigenvalue weighted by Gasteiger charge is -2.30. The SMILES string of the molecule is Cn1nnc(C23CCCN(CC2)C3)n1. The lowest BCUT2D eigenvalue weighted by molar-refractivity contribution is 0.236. The standard InChI is InChI=1S/C9H15N5/c1-13-11-8(10-12-13)9-3-2-5-14(7-9)6-4-9/h2-7H2,1H3. The molecule has 2 aliphatic rings. The molecule has 0 N–H and O–H groups in total. The fourth-order valence-corrected chi connectivity index (χ4v) is 2.78. The summed E-state index contributed by atoms with van der Waals surface area (Å²) >= 11 is 0. The Morgan fingerprint density at radius 1 is 1.29 bits per heavy atom. The lowest BCUT2D eigenvalue weighted by atomic mass is 9.80. The molecule has 2 bridgehead atoms. The number of piperidine rings is 1. The molecule has 1 aromatic rings. The molecule has 3 rings (SSSR count). The van der Waals surface area contributed by atoms with E-state index in [4.69, 9.17) is 0 Å². The summed E-state index contributed by atoms with van der Waals surface area (Å²) in [5.41, 5.74) is 0.229. The summed E-state index contributed by atoms with van der Waals surface area (Å²) in [5, 5.41) is 12.5. The maximum atomic E-state index is 4.37. The van der Waals surface area contributed by atoms with Gasteiger partial charge in [0.2, 0.25) is 0 Å². The molecule has 2 fully saturated rings. The van der Waals surface area contributed by atoms with Crippen molar-refractivity contribution in [2.24, 2.45) is 7.05 Å². The molecule has 1 aromatic heterocycles. The van der Waals surface area contributed by atoms with Crippen LogP contribution in [0.25, 0.3) is 0 Å². The Balaban J connectivity index is 1.96. The minimum absolute atomic E-state index is 0.229. The molecule has 0 aliphatic carbocycles. The number of aryl methyl sites for hydroxylation is 1. The second-order valence-corrected chi connectivity index (χ2v) is 4.51. The van der Waals surface area contributed by atoms with Crippen molar-refractivity contribution in [3.05, 3.63) is 5.82 Å². The van der Waals surface area contributed by atoms with Gasteiger partial charge in [0.15, 0.2) is 5.82 Å². The highest BCUT2D eigenvalue weighted by atomic mass is 15.6. The van der Waals surface area contributed by atoms with Gasteiger partial charge >= 0.3 is 0 Å². The van der Waals surface area contributed by atoms with Crippen LogP contribution in [0, 0.1) is 0 Å². The van der Waals surface area contributed by atoms with Crippen LogP contribution in [0.1, 0.15) is 25.1 Å². The van der Waals surface area contributed by atoms with Crippen molar-refractivity contribution in [3.8, 4) is 0 Å². The molecule has 14 heavy (non-hydrogen) atoms. The summed E-state index contributed by atoms with van der Waals surface area (Å²) in [6, 6.07) is 0. The first-order chi connectivity index (χ1) is 6.78. The van der Waals surface area contributed by atoms with E-state index < -0.39 is 0 Å². The Morgan fingerprint density at radius 3 is 3.00 bits per heavy atom. The molecule has 3 heterocycles. The van der Waals surface area contributed by atoms with E-state index in [0.29, 0.717) is 0 Å². The van der Waals surface area contributed by atoms with Crippen LogP contribution in [-0.2, 0) is 12.5 Å². The van der Waals surface area contributed by atoms with Crippen molar-refractivity contribution in [1.29, 1.82) is 0 Å². The molecule has 2 atom stereocenters. The molecule has 0 spiro atoms. The second kappa shape index (κ2) is 2.76. The van der Waals surface area contributed by atoms with Gasteiger partial charge in [-0.1, -0.05) is 0 Å². The highest BCUT2D eigenvalue weighted by Gasteiger charge is 2.45. The van der Waals surface area contributed by atoms with Crippen LogP contribution in [0.15, 0.2) is 0 Å². The third-order valence-corrected chi connectivity index (χ3v) is 3.55. The van der Waals surface area contributed by atoms with Gasteiger partial charge < -0.3 is 4.90 Å². The minimum atomic E-state index is 0.229. The first kappa shape index (κ1) is 8.35. The zero-order chi connectivity index (χ0) is 9.60. The van der Waals surface area contributed by atoms with Gasteiger partial charge in [0, 0.05) is 12.0 Å². The van der Waals surface area contributed by atoms with Crippen molar-refractivity contribution >= 4 is 0 Å². The topological polar surface area (TPSA) is 46.8 Å². The normalized spacial score (nSPS) is 36.2. The third kappa shape index (κ3) is 1.08. The number of aromatic nitrogens is 4. The molecule has 5 heteroatoms. The van der Waals surface area contributed by atoms with Gasteiger partial charge in [0.05, 0.1) is 7.05 Å². The molecular weight excluding hydrogens is 178 g/mol. The largest absolute Gasteiger partial charge is 0.302 e. The van der Waals surface area contributed by atoms with E-state index in [1.165, 1.54) is 32.4 Å². The van der Waals surface area contributed by atoms with E-state index in [0.717, 1.165) is 12.4 Å². The maximum Gasteiger partial charge on any atom is 0.182 e. The van der Waals surface area contributed by atoms with Crippen molar-refractivity contribution in [3.63, 3.8) is 0 Å². The Hall–Kier alpha value is -0.970. The van der Waals surface area contributed by atoms with Gasteiger partial charge in [0.1, 0.15) is 0 Å². The number of rotatable bonds is 1. The number of hydrogen-bond acceptors (Lipinski definition) is 4. The van der Waals surface area contributed by atoms with Gasteiger partial charge in [-0.05, 0) is 37.6 Å². The van der Waals surface area contributed by atoms with E-state index in [1.807, 2.05) is 7.05 Å². The van der Waals surface area contributed by atoms with Crippen molar-refractivity contribution < 1.29 is 0 Å². The summed E-state index contributed by atoms with van der Waals surface area (Å²) in [6.45, 7) is 3.60. The summed E-state index contributed by atoms with van der Waals surface area (Å²) < 4.78 is 0. The molecule has 0 amide bonds. The van der Waals surface area contributed by atoms with Crippen molar-refractivity contribution in [2.75, 3.05) is 19.6 Å². The molecule has 2 saturated heterocycles. The first-order valence-electron chi connectivity index (χ1n) is 5.25. The number of hydrogen-bond donors (Lipinski definition) is 0. The minimum Gasteiger partial charge on any atom is -0.302 e. The fraction of sp³-hybridized carbons (Fsp3) is 0.889. The number of tetrazole rings is 1. The summed E-state index contributed by atoms with van der Waals surface area (Å²) in [7, 11) is 1.84. The van der Waals surface area contributed by atoms with Crippen LogP contribution in [-0.4, -0.2) is 44.7 Å². The smallest absolute Gasteiger partial charge is 0.182 e. The van der Waals surface area contributed by atoms with Gasteiger partial charge in [-0.25, -0.2) is 0 Å². The predicted molar refractivity (Wildman–Crippen MR) is 50.8 cm³/mol. The van der Waals surface area contributed by atoms with Crippen LogP contribution in [0.2, 0.25) is 0 Å². The summed E-state index contributed by atoms with van der Waals surface area (Å²) in [4.78, 5) is 4.08. The van der Waals surface area contributed by atoms with Gasteiger partial charge in [-0.3, -0.25) is 0 Å². The van der Waals surface area contributed by atoms with Crippen LogP contribution >= 0.6 is 0 Å². The third-order valence-electron chi connectivity index (χ3n) is 3.55. The first-order valence-corrected chi connectivity index (χ1v) is 5.25. The van der Waals surface area contributed by atoms with Gasteiger partial charge in [-0.15, -0.1) is 10.2 Å². The molecule has 5 nitrogen and oxygen atoms in total. The van der Waals surface area contributed by atoms with Crippen LogP contribution in [0.3, 0.4) is 0 Å². The van der Waals surface area contributed by atoms with E-state index in [-0.39, 0.29) is 5.41 Å². The van der Waals surface area contributed by atoms with E-state index in [1.54, 1.807) is 4.80 Å². The lowest BCUT2D eigenvalue weighted by Crippen LogP contribution is -2.37.